The maximum atomic E-state index is 11.2. The van der Waals surface area contributed by atoms with Crippen LogP contribution in [-0.2, 0) is 0 Å². The summed E-state index contributed by atoms with van der Waals surface area (Å²) in [5, 5.41) is 1.61. The fourth-order valence-corrected chi connectivity index (χ4v) is 1.65. The van der Waals surface area contributed by atoms with Crippen molar-refractivity contribution in [3.8, 4) is 0 Å². The molecule has 0 atom stereocenters. The molecule has 0 aromatic heterocycles. The van der Waals surface area contributed by atoms with Crippen molar-refractivity contribution in [2.75, 3.05) is 14.1 Å². The summed E-state index contributed by atoms with van der Waals surface area (Å²) in [5.74, 6) is 0. The molecule has 5 nitrogen and oxygen atoms in total. The van der Waals surface area contributed by atoms with E-state index < -0.39 is 0 Å². The lowest BCUT2D eigenvalue weighted by Gasteiger charge is -2.23. The minimum absolute atomic E-state index is 0.208. The Morgan fingerprint density at radius 2 is 1.86 bits per heavy atom. The smallest absolute Gasteiger partial charge is 0.272 e. The molecule has 5 heteroatoms. The summed E-state index contributed by atoms with van der Waals surface area (Å²) in [6, 6.07) is 0.234. The van der Waals surface area contributed by atoms with Gasteiger partial charge >= 0.3 is 6.03 Å². The van der Waals surface area contributed by atoms with Gasteiger partial charge in [0.2, 0.25) is 0 Å². The molecule has 3 N–H and O–H groups in total. The van der Waals surface area contributed by atoms with Crippen LogP contribution in [0.1, 0.15) is 32.1 Å². The summed E-state index contributed by atoms with van der Waals surface area (Å²) in [6.45, 7) is 0. The Kier molecular flexibility index (Phi) is 4.69. The predicted molar refractivity (Wildman–Crippen MR) is 55.4 cm³/mol. The molecule has 2 amide bonds. The number of rotatable bonds is 3. The van der Waals surface area contributed by atoms with Crippen molar-refractivity contribution < 1.29 is 4.79 Å². The highest BCUT2D eigenvalue weighted by Crippen LogP contribution is 2.16. The molecule has 0 saturated heterocycles. The highest BCUT2D eigenvalue weighted by molar-refractivity contribution is 5.72. The van der Waals surface area contributed by atoms with Crippen LogP contribution in [0.4, 0.5) is 4.79 Å². The van der Waals surface area contributed by atoms with Gasteiger partial charge in [0.05, 0.1) is 0 Å². The third-order valence-corrected chi connectivity index (χ3v) is 2.32. The quantitative estimate of drug-likeness (QED) is 0.585. The second-order valence-corrected chi connectivity index (χ2v) is 3.94. The predicted octanol–water partition coefficient (Wildman–Crippen LogP) is 0.599. The molecule has 14 heavy (non-hydrogen) atoms. The van der Waals surface area contributed by atoms with Crippen LogP contribution in [0.3, 0.4) is 0 Å². The second kappa shape index (κ2) is 5.82. The molecular weight excluding hydrogens is 180 g/mol. The van der Waals surface area contributed by atoms with Gasteiger partial charge in [-0.05, 0) is 12.8 Å². The van der Waals surface area contributed by atoms with E-state index in [0.29, 0.717) is 6.04 Å². The molecule has 0 radical (unpaired) electrons. The zero-order valence-electron chi connectivity index (χ0n) is 8.97. The molecule has 0 unspecified atom stereocenters. The summed E-state index contributed by atoms with van der Waals surface area (Å²) >= 11 is 0. The molecule has 0 bridgehead atoms. The molecule has 1 fully saturated rings. The first-order valence-corrected chi connectivity index (χ1v) is 5.18. The minimum atomic E-state index is -0.208. The zero-order valence-corrected chi connectivity index (χ0v) is 8.97. The van der Waals surface area contributed by atoms with Crippen molar-refractivity contribution >= 4 is 6.03 Å². The first-order chi connectivity index (χ1) is 6.68. The lowest BCUT2D eigenvalue weighted by atomic mass is 9.96. The molecular formula is C9H20N4O. The average Bonchev–Trinajstić information content (AvgIpc) is 2.15. The maximum Gasteiger partial charge on any atom is 0.343 e. The number of carbonyl (C=O) groups is 1. The van der Waals surface area contributed by atoms with E-state index in [1.807, 2.05) is 0 Å². The van der Waals surface area contributed by atoms with E-state index in [0.717, 1.165) is 12.8 Å². The Morgan fingerprint density at radius 3 is 2.43 bits per heavy atom. The summed E-state index contributed by atoms with van der Waals surface area (Å²) in [5.41, 5.74) is 8.28. The second-order valence-electron chi connectivity index (χ2n) is 3.94. The number of nitrogens with one attached hydrogen (secondary N) is 3. The van der Waals surface area contributed by atoms with Gasteiger partial charge in [0.15, 0.2) is 0 Å². The van der Waals surface area contributed by atoms with Crippen molar-refractivity contribution in [2.45, 2.75) is 38.1 Å². The lowest BCUT2D eigenvalue weighted by Crippen LogP contribution is -2.52. The molecule has 1 rings (SSSR count). The molecule has 1 aliphatic rings. The van der Waals surface area contributed by atoms with Gasteiger partial charge in [-0.1, -0.05) is 19.3 Å². The highest BCUT2D eigenvalue weighted by Gasteiger charge is 2.13. The number of hydrogen-bond donors (Lipinski definition) is 3. The van der Waals surface area contributed by atoms with Crippen LogP contribution >= 0.6 is 0 Å². The van der Waals surface area contributed by atoms with Crippen molar-refractivity contribution in [2.24, 2.45) is 0 Å². The van der Waals surface area contributed by atoms with Crippen molar-refractivity contribution in [1.82, 2.24) is 21.3 Å². The van der Waals surface area contributed by atoms with Gasteiger partial charge in [-0.25, -0.2) is 15.2 Å². The largest absolute Gasteiger partial charge is 0.343 e. The fourth-order valence-electron chi connectivity index (χ4n) is 1.65. The third kappa shape index (κ3) is 4.43. The number of hydrazine groups is 2. The Bertz CT molecular complexity index is 178. The monoisotopic (exact) mass is 200 g/mol. The summed E-state index contributed by atoms with van der Waals surface area (Å²) < 4.78 is 0. The van der Waals surface area contributed by atoms with E-state index >= 15 is 0 Å². The SMILES string of the molecule is CN(C)NC(=O)NNC1CCCCC1. The van der Waals surface area contributed by atoms with Crippen molar-refractivity contribution in [3.63, 3.8) is 0 Å². The highest BCUT2D eigenvalue weighted by atomic mass is 16.2. The zero-order chi connectivity index (χ0) is 10.4. The van der Waals surface area contributed by atoms with Crippen molar-refractivity contribution in [1.29, 1.82) is 0 Å². The summed E-state index contributed by atoms with van der Waals surface area (Å²) in [4.78, 5) is 11.2. The molecule has 1 saturated carbocycles. The lowest BCUT2D eigenvalue weighted by molar-refractivity contribution is 0.203. The van der Waals surface area contributed by atoms with Crippen LogP contribution < -0.4 is 16.3 Å². The average molecular weight is 200 g/mol. The first kappa shape index (κ1) is 11.3. The Hall–Kier alpha value is -0.810. The molecule has 0 heterocycles. The number of nitrogens with zero attached hydrogens (tertiary/aromatic N) is 1. The molecule has 0 aromatic carbocycles. The van der Waals surface area contributed by atoms with Crippen LogP contribution in [0.2, 0.25) is 0 Å². The van der Waals surface area contributed by atoms with E-state index in [1.54, 1.807) is 19.1 Å². The van der Waals surface area contributed by atoms with E-state index in [1.165, 1.54) is 19.3 Å². The van der Waals surface area contributed by atoms with Gasteiger partial charge in [-0.3, -0.25) is 10.9 Å². The van der Waals surface area contributed by atoms with E-state index in [-0.39, 0.29) is 6.03 Å². The van der Waals surface area contributed by atoms with Crippen LogP contribution in [0.25, 0.3) is 0 Å². The first-order valence-electron chi connectivity index (χ1n) is 5.18. The maximum absolute atomic E-state index is 11.2. The minimum Gasteiger partial charge on any atom is -0.272 e. The van der Waals surface area contributed by atoms with Crippen molar-refractivity contribution in [3.05, 3.63) is 0 Å². The van der Waals surface area contributed by atoms with Crippen LogP contribution in [0.5, 0.6) is 0 Å². The summed E-state index contributed by atoms with van der Waals surface area (Å²) in [7, 11) is 3.56. The Labute approximate surface area is 85.2 Å². The standard InChI is InChI=1S/C9H20N4O/c1-13(2)12-9(14)11-10-8-6-4-3-5-7-8/h8,10H,3-7H2,1-2H3,(H2,11,12,14). The number of carbonyl (C=O) groups excluding carboxylic acids is 1. The third-order valence-electron chi connectivity index (χ3n) is 2.32. The van der Waals surface area contributed by atoms with E-state index in [2.05, 4.69) is 16.3 Å². The normalized spacial score (nSPS) is 18.2. The topological polar surface area (TPSA) is 56.4 Å². The van der Waals surface area contributed by atoms with Gasteiger partial charge in [-0.15, -0.1) is 0 Å². The number of hydrogen-bond acceptors (Lipinski definition) is 3. The molecule has 0 aliphatic heterocycles. The summed E-state index contributed by atoms with van der Waals surface area (Å²) in [6.07, 6.45) is 6.15. The van der Waals surface area contributed by atoms with Crippen LogP contribution in [-0.4, -0.2) is 31.2 Å². The van der Waals surface area contributed by atoms with E-state index in [9.17, 15) is 4.79 Å². The molecule has 0 spiro atoms. The van der Waals surface area contributed by atoms with Crippen LogP contribution in [0, 0.1) is 0 Å². The van der Waals surface area contributed by atoms with E-state index in [4.69, 9.17) is 0 Å². The van der Waals surface area contributed by atoms with Gasteiger partial charge in [0, 0.05) is 20.1 Å². The van der Waals surface area contributed by atoms with Crippen LogP contribution in [0.15, 0.2) is 0 Å². The Morgan fingerprint density at radius 1 is 1.21 bits per heavy atom. The molecule has 0 aromatic rings. The van der Waals surface area contributed by atoms with Gasteiger partial charge in [0.25, 0.3) is 0 Å². The fraction of sp³-hybridized carbons (Fsp3) is 0.889. The Balaban J connectivity index is 2.09. The van der Waals surface area contributed by atoms with Gasteiger partial charge in [-0.2, -0.15) is 0 Å². The number of urea groups is 1. The molecule has 1 aliphatic carbocycles. The number of amides is 2. The van der Waals surface area contributed by atoms with Gasteiger partial charge < -0.3 is 0 Å². The van der Waals surface area contributed by atoms with Gasteiger partial charge in [0.1, 0.15) is 0 Å². The molecule has 82 valence electrons.